The number of aromatic nitrogens is 1. The summed E-state index contributed by atoms with van der Waals surface area (Å²) in [5.74, 6) is -0.0622. The van der Waals surface area contributed by atoms with Crippen molar-refractivity contribution in [3.05, 3.63) is 23.9 Å². The molecule has 1 saturated carbocycles. The van der Waals surface area contributed by atoms with Crippen LogP contribution >= 0.6 is 0 Å². The zero-order chi connectivity index (χ0) is 17.2. The maximum absolute atomic E-state index is 12.7. The molecule has 8 heteroatoms. The number of carbonyl (C=O) groups excluding carboxylic acids is 1. The van der Waals surface area contributed by atoms with Crippen LogP contribution < -0.4 is 10.1 Å². The Morgan fingerprint density at radius 3 is 2.75 bits per heavy atom. The molecule has 2 aliphatic rings. The van der Waals surface area contributed by atoms with E-state index in [0.29, 0.717) is 19.5 Å². The summed E-state index contributed by atoms with van der Waals surface area (Å²) < 4.78 is 43.6. The summed E-state index contributed by atoms with van der Waals surface area (Å²) in [4.78, 5) is 17.7. The molecule has 5 nitrogen and oxygen atoms in total. The number of nitrogens with one attached hydrogen (secondary N) is 1. The summed E-state index contributed by atoms with van der Waals surface area (Å²) in [6, 6.07) is 1.91. The number of rotatable bonds is 3. The summed E-state index contributed by atoms with van der Waals surface area (Å²) in [6.07, 6.45) is 1.18. The first kappa shape index (κ1) is 16.9. The number of urea groups is 1. The second-order valence-electron chi connectivity index (χ2n) is 6.29. The lowest BCUT2D eigenvalue weighted by Gasteiger charge is -2.20. The van der Waals surface area contributed by atoms with Gasteiger partial charge in [-0.15, -0.1) is 0 Å². The lowest BCUT2D eigenvalue weighted by Crippen LogP contribution is -2.43. The number of hydrogen-bond donors (Lipinski definition) is 1. The van der Waals surface area contributed by atoms with E-state index in [1.165, 1.54) is 0 Å². The molecule has 1 N–H and O–H groups in total. The van der Waals surface area contributed by atoms with Gasteiger partial charge >= 0.3 is 12.2 Å². The number of carbonyl (C=O) groups is 1. The molecular weight excluding hydrogens is 323 g/mol. The second kappa shape index (κ2) is 6.86. The largest absolute Gasteiger partial charge is 0.472 e. The minimum Gasteiger partial charge on any atom is -0.472 e. The van der Waals surface area contributed by atoms with Crippen molar-refractivity contribution in [1.29, 1.82) is 0 Å². The predicted octanol–water partition coefficient (Wildman–Crippen LogP) is 3.21. The highest BCUT2D eigenvalue weighted by Crippen LogP contribution is 2.31. The molecule has 0 radical (unpaired) electrons. The fourth-order valence-corrected chi connectivity index (χ4v) is 3.17. The Kier molecular flexibility index (Phi) is 4.82. The van der Waals surface area contributed by atoms with Crippen molar-refractivity contribution in [2.75, 3.05) is 13.1 Å². The van der Waals surface area contributed by atoms with Crippen LogP contribution in [0.2, 0.25) is 0 Å². The molecule has 24 heavy (non-hydrogen) atoms. The molecule has 1 aliphatic heterocycles. The van der Waals surface area contributed by atoms with Gasteiger partial charge in [0.15, 0.2) is 0 Å². The van der Waals surface area contributed by atoms with Crippen LogP contribution in [0.5, 0.6) is 5.88 Å². The summed E-state index contributed by atoms with van der Waals surface area (Å²) in [5.41, 5.74) is -0.790. The van der Waals surface area contributed by atoms with E-state index in [0.717, 1.165) is 44.0 Å². The fraction of sp³-hybridized carbons (Fsp3) is 0.625. The van der Waals surface area contributed by atoms with Crippen molar-refractivity contribution in [3.8, 4) is 5.88 Å². The monoisotopic (exact) mass is 343 g/mol. The molecule has 1 atom stereocenters. The Bertz CT molecular complexity index is 588. The van der Waals surface area contributed by atoms with Gasteiger partial charge in [-0.25, -0.2) is 9.78 Å². The number of halogens is 3. The van der Waals surface area contributed by atoms with Gasteiger partial charge in [-0.2, -0.15) is 13.2 Å². The number of ether oxygens (including phenoxy) is 1. The van der Waals surface area contributed by atoms with E-state index in [1.54, 1.807) is 4.90 Å². The Balaban J connectivity index is 1.53. The molecule has 0 spiro atoms. The molecule has 2 amide bonds. The van der Waals surface area contributed by atoms with E-state index in [-0.39, 0.29) is 24.1 Å². The maximum atomic E-state index is 12.7. The van der Waals surface area contributed by atoms with Crippen LogP contribution in [0.15, 0.2) is 18.3 Å². The number of likely N-dealkylation sites (tertiary alicyclic amines) is 1. The van der Waals surface area contributed by atoms with E-state index < -0.39 is 11.7 Å². The molecule has 0 bridgehead atoms. The van der Waals surface area contributed by atoms with Gasteiger partial charge in [-0.1, -0.05) is 12.8 Å². The highest BCUT2D eigenvalue weighted by atomic mass is 19.4. The summed E-state index contributed by atoms with van der Waals surface area (Å²) in [6.45, 7) is 0.888. The summed E-state index contributed by atoms with van der Waals surface area (Å²) in [5, 5.41) is 3.00. The van der Waals surface area contributed by atoms with Crippen molar-refractivity contribution in [3.63, 3.8) is 0 Å². The van der Waals surface area contributed by atoms with E-state index in [2.05, 4.69) is 10.3 Å². The first-order chi connectivity index (χ1) is 11.4. The first-order valence-corrected chi connectivity index (χ1v) is 8.17. The molecule has 1 unspecified atom stereocenters. The van der Waals surface area contributed by atoms with Crippen molar-refractivity contribution >= 4 is 6.03 Å². The lowest BCUT2D eigenvalue weighted by molar-refractivity contribution is -0.137. The lowest BCUT2D eigenvalue weighted by atomic mass is 10.2. The molecule has 3 rings (SSSR count). The third kappa shape index (κ3) is 4.10. The predicted molar refractivity (Wildman–Crippen MR) is 80.6 cm³/mol. The zero-order valence-corrected chi connectivity index (χ0v) is 13.2. The molecule has 132 valence electrons. The minimum absolute atomic E-state index is 0.0622. The SMILES string of the molecule is O=C(NC1CCCC1)N1CCC(Oc2cc(C(F)(F)F)ccn2)C1. The Labute approximate surface area is 138 Å². The Hall–Kier alpha value is -1.99. The van der Waals surface area contributed by atoms with Crippen molar-refractivity contribution < 1.29 is 22.7 Å². The van der Waals surface area contributed by atoms with Gasteiger partial charge in [0.2, 0.25) is 5.88 Å². The van der Waals surface area contributed by atoms with Crippen LogP contribution in [0, 0.1) is 0 Å². The van der Waals surface area contributed by atoms with E-state index in [9.17, 15) is 18.0 Å². The average Bonchev–Trinajstić information content (AvgIpc) is 3.18. The van der Waals surface area contributed by atoms with Gasteiger partial charge in [0.25, 0.3) is 0 Å². The normalized spacial score (nSPS) is 22.0. The quantitative estimate of drug-likeness (QED) is 0.917. The van der Waals surface area contributed by atoms with Crippen LogP contribution in [0.25, 0.3) is 0 Å². The van der Waals surface area contributed by atoms with Crippen LogP contribution in [0.4, 0.5) is 18.0 Å². The number of nitrogens with zero attached hydrogens (tertiary/aromatic N) is 2. The molecule has 1 saturated heterocycles. The first-order valence-electron chi connectivity index (χ1n) is 8.17. The molecule has 1 aromatic heterocycles. The Morgan fingerprint density at radius 1 is 1.29 bits per heavy atom. The van der Waals surface area contributed by atoms with Gasteiger partial charge in [-0.3, -0.25) is 0 Å². The molecule has 1 aliphatic carbocycles. The van der Waals surface area contributed by atoms with E-state index in [4.69, 9.17) is 4.74 Å². The molecule has 2 fully saturated rings. The number of pyridine rings is 1. The van der Waals surface area contributed by atoms with Gasteiger partial charge in [0.1, 0.15) is 6.10 Å². The van der Waals surface area contributed by atoms with Crippen molar-refractivity contribution in [2.45, 2.75) is 50.4 Å². The minimum atomic E-state index is -4.43. The third-order valence-electron chi connectivity index (χ3n) is 4.46. The van der Waals surface area contributed by atoms with Crippen molar-refractivity contribution in [1.82, 2.24) is 15.2 Å². The van der Waals surface area contributed by atoms with Gasteiger partial charge in [0.05, 0.1) is 12.1 Å². The van der Waals surface area contributed by atoms with Crippen LogP contribution in [-0.4, -0.2) is 41.2 Å². The smallest absolute Gasteiger partial charge is 0.416 e. The average molecular weight is 343 g/mol. The maximum Gasteiger partial charge on any atom is 0.416 e. The topological polar surface area (TPSA) is 54.5 Å². The van der Waals surface area contributed by atoms with E-state index >= 15 is 0 Å². The van der Waals surface area contributed by atoms with Gasteiger partial charge in [0, 0.05) is 31.3 Å². The van der Waals surface area contributed by atoms with Crippen LogP contribution in [-0.2, 0) is 6.18 Å². The molecule has 1 aromatic rings. The zero-order valence-electron chi connectivity index (χ0n) is 13.2. The number of hydrogen-bond acceptors (Lipinski definition) is 3. The molecule has 0 aromatic carbocycles. The number of amides is 2. The molecule has 2 heterocycles. The Morgan fingerprint density at radius 2 is 2.04 bits per heavy atom. The van der Waals surface area contributed by atoms with Gasteiger partial charge in [-0.05, 0) is 18.9 Å². The van der Waals surface area contributed by atoms with Crippen molar-refractivity contribution in [2.24, 2.45) is 0 Å². The fourth-order valence-electron chi connectivity index (χ4n) is 3.17. The van der Waals surface area contributed by atoms with E-state index in [1.807, 2.05) is 0 Å². The van der Waals surface area contributed by atoms with Crippen LogP contribution in [0.3, 0.4) is 0 Å². The third-order valence-corrected chi connectivity index (χ3v) is 4.46. The highest BCUT2D eigenvalue weighted by molar-refractivity contribution is 5.74. The van der Waals surface area contributed by atoms with Gasteiger partial charge < -0.3 is 15.0 Å². The second-order valence-corrected chi connectivity index (χ2v) is 6.29. The number of alkyl halides is 3. The van der Waals surface area contributed by atoms with Crippen LogP contribution in [0.1, 0.15) is 37.7 Å². The standard InChI is InChI=1S/C16H20F3N3O2/c17-16(18,19)11-5-7-20-14(9-11)24-13-6-8-22(10-13)15(23)21-12-3-1-2-4-12/h5,7,9,12-13H,1-4,6,8,10H2,(H,21,23). The summed E-state index contributed by atoms with van der Waals surface area (Å²) in [7, 11) is 0. The summed E-state index contributed by atoms with van der Waals surface area (Å²) >= 11 is 0. The highest BCUT2D eigenvalue weighted by Gasteiger charge is 2.32. The molecular formula is C16H20F3N3O2.